The molecule has 1 aromatic rings. The zero-order chi connectivity index (χ0) is 17.8. The van der Waals surface area contributed by atoms with E-state index in [0.29, 0.717) is 12.6 Å². The maximum Gasteiger partial charge on any atom is 0.119 e. The molecule has 1 saturated heterocycles. The van der Waals surface area contributed by atoms with Crippen LogP contribution in [0.25, 0.3) is 0 Å². The largest absolute Gasteiger partial charge is 0.497 e. The van der Waals surface area contributed by atoms with Crippen LogP contribution in [0.1, 0.15) is 40.5 Å². The lowest BCUT2D eigenvalue weighted by Crippen LogP contribution is -2.62. The van der Waals surface area contributed by atoms with Gasteiger partial charge in [-0.25, -0.2) is 0 Å². The number of ether oxygens (including phenoxy) is 2. The summed E-state index contributed by atoms with van der Waals surface area (Å²) in [6.07, 6.45) is 1.55. The van der Waals surface area contributed by atoms with E-state index in [9.17, 15) is 5.11 Å². The van der Waals surface area contributed by atoms with Crippen molar-refractivity contribution in [3.8, 4) is 11.5 Å². The van der Waals surface area contributed by atoms with Crippen molar-refractivity contribution in [3.05, 3.63) is 24.3 Å². The Kier molecular flexibility index (Phi) is 6.12. The van der Waals surface area contributed by atoms with E-state index < -0.39 is 6.10 Å². The highest BCUT2D eigenvalue weighted by atomic mass is 16.5. The van der Waals surface area contributed by atoms with Crippen molar-refractivity contribution in [2.45, 2.75) is 63.8 Å². The summed E-state index contributed by atoms with van der Waals surface area (Å²) in [7, 11) is 1.63. The Balaban J connectivity index is 1.75. The van der Waals surface area contributed by atoms with Crippen molar-refractivity contribution >= 4 is 0 Å². The second-order valence-corrected chi connectivity index (χ2v) is 8.05. The average Bonchev–Trinajstić information content (AvgIpc) is 2.48. The Morgan fingerprint density at radius 3 is 2.21 bits per heavy atom. The first-order valence-corrected chi connectivity index (χ1v) is 8.67. The van der Waals surface area contributed by atoms with E-state index in [1.165, 1.54) is 0 Å². The minimum Gasteiger partial charge on any atom is -0.497 e. The fraction of sp³-hybridized carbons (Fsp3) is 0.684. The Hall–Kier alpha value is -1.30. The van der Waals surface area contributed by atoms with Crippen LogP contribution in [-0.4, -0.2) is 48.6 Å². The molecule has 0 aliphatic carbocycles. The molecular formula is C19H32N2O3. The highest BCUT2D eigenvalue weighted by Gasteiger charge is 2.37. The predicted octanol–water partition coefficient (Wildman–Crippen LogP) is 2.33. The Morgan fingerprint density at radius 1 is 1.12 bits per heavy atom. The zero-order valence-corrected chi connectivity index (χ0v) is 15.6. The second kappa shape index (κ2) is 7.72. The molecule has 0 spiro atoms. The monoisotopic (exact) mass is 336 g/mol. The molecule has 2 rings (SSSR count). The first-order chi connectivity index (χ1) is 11.2. The van der Waals surface area contributed by atoms with Gasteiger partial charge in [-0.3, -0.25) is 0 Å². The summed E-state index contributed by atoms with van der Waals surface area (Å²) < 4.78 is 10.7. The van der Waals surface area contributed by atoms with Crippen LogP contribution in [0.3, 0.4) is 0 Å². The van der Waals surface area contributed by atoms with Gasteiger partial charge in [0, 0.05) is 23.7 Å². The second-order valence-electron chi connectivity index (χ2n) is 8.05. The molecule has 1 heterocycles. The SMILES string of the molecule is COc1ccc(OCC(O)CNC2CC(C)(C)NC(C)(C)C2)cc1. The molecule has 1 fully saturated rings. The van der Waals surface area contributed by atoms with Crippen LogP contribution in [0.15, 0.2) is 24.3 Å². The van der Waals surface area contributed by atoms with Crippen LogP contribution in [0.2, 0.25) is 0 Å². The predicted molar refractivity (Wildman–Crippen MR) is 96.8 cm³/mol. The van der Waals surface area contributed by atoms with Gasteiger partial charge < -0.3 is 25.2 Å². The van der Waals surface area contributed by atoms with Crippen molar-refractivity contribution in [1.82, 2.24) is 10.6 Å². The molecule has 0 bridgehead atoms. The lowest BCUT2D eigenvalue weighted by Gasteiger charge is -2.47. The van der Waals surface area contributed by atoms with Gasteiger partial charge in [0.05, 0.1) is 7.11 Å². The van der Waals surface area contributed by atoms with Crippen LogP contribution >= 0.6 is 0 Å². The normalized spacial score (nSPS) is 21.2. The molecule has 1 aromatic carbocycles. The standard InChI is InChI=1S/C19H32N2O3/c1-18(2)10-14(11-19(3,4)21-18)20-12-15(22)13-24-17-8-6-16(23-5)7-9-17/h6-9,14-15,20-22H,10-13H2,1-5H3. The number of aliphatic hydroxyl groups excluding tert-OH is 1. The van der Waals surface area contributed by atoms with Gasteiger partial charge in [0.1, 0.15) is 24.2 Å². The number of nitrogens with one attached hydrogen (secondary N) is 2. The molecule has 1 unspecified atom stereocenters. The molecule has 0 radical (unpaired) electrons. The summed E-state index contributed by atoms with van der Waals surface area (Å²) in [6, 6.07) is 7.78. The lowest BCUT2D eigenvalue weighted by atomic mass is 9.79. The number of aliphatic hydroxyl groups is 1. The maximum absolute atomic E-state index is 10.2. The summed E-state index contributed by atoms with van der Waals surface area (Å²) in [5.41, 5.74) is 0.202. The fourth-order valence-electron chi connectivity index (χ4n) is 3.69. The molecule has 0 amide bonds. The zero-order valence-electron chi connectivity index (χ0n) is 15.6. The van der Waals surface area contributed by atoms with Gasteiger partial charge in [0.25, 0.3) is 0 Å². The third-order valence-corrected chi connectivity index (χ3v) is 4.33. The Labute approximate surface area is 145 Å². The lowest BCUT2D eigenvalue weighted by molar-refractivity contribution is 0.0901. The van der Waals surface area contributed by atoms with Crippen LogP contribution in [0.5, 0.6) is 11.5 Å². The number of methoxy groups -OCH3 is 1. The van der Waals surface area contributed by atoms with E-state index in [1.54, 1.807) is 7.11 Å². The Morgan fingerprint density at radius 2 is 1.67 bits per heavy atom. The van der Waals surface area contributed by atoms with Crippen molar-refractivity contribution in [3.63, 3.8) is 0 Å². The third-order valence-electron chi connectivity index (χ3n) is 4.33. The van der Waals surface area contributed by atoms with Gasteiger partial charge >= 0.3 is 0 Å². The first kappa shape index (κ1) is 19.0. The van der Waals surface area contributed by atoms with Crippen molar-refractivity contribution in [2.75, 3.05) is 20.3 Å². The molecule has 1 atom stereocenters. The van der Waals surface area contributed by atoms with Crippen molar-refractivity contribution < 1.29 is 14.6 Å². The highest BCUT2D eigenvalue weighted by molar-refractivity contribution is 5.31. The molecule has 0 aromatic heterocycles. The number of piperidine rings is 1. The molecule has 1 aliphatic heterocycles. The topological polar surface area (TPSA) is 62.8 Å². The van der Waals surface area contributed by atoms with Gasteiger partial charge in [-0.05, 0) is 64.8 Å². The van der Waals surface area contributed by atoms with Crippen LogP contribution in [-0.2, 0) is 0 Å². The van der Waals surface area contributed by atoms with Crippen LogP contribution in [0.4, 0.5) is 0 Å². The quantitative estimate of drug-likeness (QED) is 0.713. The van der Waals surface area contributed by atoms with E-state index in [4.69, 9.17) is 9.47 Å². The van der Waals surface area contributed by atoms with Gasteiger partial charge in [0.2, 0.25) is 0 Å². The molecule has 24 heavy (non-hydrogen) atoms. The van der Waals surface area contributed by atoms with E-state index in [-0.39, 0.29) is 17.7 Å². The van der Waals surface area contributed by atoms with Crippen molar-refractivity contribution in [1.29, 1.82) is 0 Å². The third kappa shape index (κ3) is 5.96. The Bertz CT molecular complexity index is 498. The maximum atomic E-state index is 10.2. The molecule has 3 N–H and O–H groups in total. The molecule has 5 nitrogen and oxygen atoms in total. The summed E-state index contributed by atoms with van der Waals surface area (Å²) in [4.78, 5) is 0. The molecule has 5 heteroatoms. The van der Waals surface area contributed by atoms with Crippen LogP contribution in [0, 0.1) is 0 Å². The van der Waals surface area contributed by atoms with Crippen molar-refractivity contribution in [2.24, 2.45) is 0 Å². The smallest absolute Gasteiger partial charge is 0.119 e. The van der Waals surface area contributed by atoms with E-state index >= 15 is 0 Å². The highest BCUT2D eigenvalue weighted by Crippen LogP contribution is 2.28. The van der Waals surface area contributed by atoms with Gasteiger partial charge in [-0.1, -0.05) is 0 Å². The summed E-state index contributed by atoms with van der Waals surface area (Å²) in [5, 5.41) is 17.3. The summed E-state index contributed by atoms with van der Waals surface area (Å²) >= 11 is 0. The summed E-state index contributed by atoms with van der Waals surface area (Å²) in [5.74, 6) is 1.53. The van der Waals surface area contributed by atoms with Crippen LogP contribution < -0.4 is 20.1 Å². The summed E-state index contributed by atoms with van der Waals surface area (Å²) in [6.45, 7) is 9.72. The number of benzene rings is 1. The molecule has 136 valence electrons. The van der Waals surface area contributed by atoms with E-state index in [1.807, 2.05) is 24.3 Å². The van der Waals surface area contributed by atoms with Gasteiger partial charge in [0.15, 0.2) is 0 Å². The van der Waals surface area contributed by atoms with Gasteiger partial charge in [-0.2, -0.15) is 0 Å². The number of rotatable bonds is 7. The number of hydrogen-bond donors (Lipinski definition) is 3. The fourth-order valence-corrected chi connectivity index (χ4v) is 3.69. The minimum absolute atomic E-state index is 0.101. The van der Waals surface area contributed by atoms with E-state index in [2.05, 4.69) is 38.3 Å². The van der Waals surface area contributed by atoms with E-state index in [0.717, 1.165) is 24.3 Å². The minimum atomic E-state index is -0.534. The first-order valence-electron chi connectivity index (χ1n) is 8.67. The average molecular weight is 336 g/mol. The molecular weight excluding hydrogens is 304 g/mol. The van der Waals surface area contributed by atoms with Gasteiger partial charge in [-0.15, -0.1) is 0 Å². The number of hydrogen-bond acceptors (Lipinski definition) is 5. The molecule has 0 saturated carbocycles. The molecule has 1 aliphatic rings.